The Morgan fingerprint density at radius 3 is 2.48 bits per heavy atom. The van der Waals surface area contributed by atoms with Crippen LogP contribution in [0.15, 0.2) is 42.5 Å². The Balaban J connectivity index is 0.00000264. The molecule has 0 spiro atoms. The number of methoxy groups -OCH3 is 1. The van der Waals surface area contributed by atoms with Crippen molar-refractivity contribution in [3.63, 3.8) is 0 Å². The van der Waals surface area contributed by atoms with Gasteiger partial charge in [0.25, 0.3) is 0 Å². The summed E-state index contributed by atoms with van der Waals surface area (Å²) in [6.45, 7) is 2.75. The maximum absolute atomic E-state index is 12.5. The maximum atomic E-state index is 12.5. The first-order valence-electron chi connectivity index (χ1n) is 7.02. The van der Waals surface area contributed by atoms with Gasteiger partial charge in [-0.3, -0.25) is 4.79 Å². The summed E-state index contributed by atoms with van der Waals surface area (Å²) in [5.74, 6) is 1.33. The first-order chi connectivity index (χ1) is 10.7. The van der Waals surface area contributed by atoms with Crippen LogP contribution in [0.1, 0.15) is 23.7 Å². The van der Waals surface area contributed by atoms with E-state index in [1.54, 1.807) is 18.2 Å². The van der Waals surface area contributed by atoms with E-state index in [0.717, 1.165) is 17.5 Å². The van der Waals surface area contributed by atoms with Crippen LogP contribution in [-0.4, -0.2) is 38.1 Å². The Hall–Kier alpha value is -0.973. The van der Waals surface area contributed by atoms with Crippen molar-refractivity contribution in [2.75, 3.05) is 13.7 Å². The predicted molar refractivity (Wildman–Crippen MR) is 98.3 cm³/mol. The Morgan fingerprint density at radius 1 is 1.17 bits per heavy atom. The molecule has 0 aromatic heterocycles. The van der Waals surface area contributed by atoms with Crippen LogP contribution in [0.4, 0.5) is 0 Å². The van der Waals surface area contributed by atoms with E-state index in [2.05, 4.69) is 6.92 Å². The Morgan fingerprint density at radius 2 is 1.87 bits per heavy atom. The monoisotopic (exact) mass is 343 g/mol. The molecule has 0 bridgehead atoms. The molecule has 3 nitrogen and oxygen atoms in total. The van der Waals surface area contributed by atoms with E-state index in [0.29, 0.717) is 22.9 Å². The second-order valence-electron chi connectivity index (χ2n) is 4.64. The zero-order valence-electron chi connectivity index (χ0n) is 13.6. The van der Waals surface area contributed by atoms with Crippen LogP contribution < -0.4 is 14.8 Å². The van der Waals surface area contributed by atoms with Crippen LogP contribution in [0.2, 0.25) is 5.02 Å². The normalized spacial score (nSPS) is 10.4. The molecule has 6 heteroatoms. The third-order valence-electron chi connectivity index (χ3n) is 3.01. The minimum Gasteiger partial charge on any atom is -0.496 e. The fraction of sp³-hybridized carbons (Fsp3) is 0.235. The molecule has 2 rings (SSSR count). The number of hydrogen-bond acceptors (Lipinski definition) is 3. The largest absolute Gasteiger partial charge is 0.496 e. The number of carbonyl (C=O) groups excluding carboxylic acids is 1. The Labute approximate surface area is 155 Å². The van der Waals surface area contributed by atoms with Gasteiger partial charge in [-0.2, -0.15) is 0 Å². The smallest absolute Gasteiger partial charge is 0.190 e. The molecule has 0 N–H and O–H groups in total. The second-order valence-corrected chi connectivity index (χ2v) is 6.33. The fourth-order valence-corrected chi connectivity index (χ4v) is 3.25. The number of ether oxygens (including phenoxy) is 2. The van der Waals surface area contributed by atoms with Crippen molar-refractivity contribution in [2.24, 2.45) is 0 Å². The molecule has 0 saturated carbocycles. The molecule has 0 fully saturated rings. The summed E-state index contributed by atoms with van der Waals surface area (Å²) in [7, 11) is 1.52. The SMILES string of the molecule is CCCOc1ccc(PC(=O)c2c(Cl)cccc2OC)cc1.[Li]. The molecular weight excluding hydrogens is 326 g/mol. The van der Waals surface area contributed by atoms with Gasteiger partial charge in [-0.15, -0.1) is 0 Å². The van der Waals surface area contributed by atoms with Crippen molar-refractivity contribution in [1.82, 2.24) is 0 Å². The van der Waals surface area contributed by atoms with Gasteiger partial charge in [0.15, 0.2) is 5.52 Å². The van der Waals surface area contributed by atoms with E-state index in [1.807, 2.05) is 24.3 Å². The average molecular weight is 344 g/mol. The van der Waals surface area contributed by atoms with Gasteiger partial charge in [0.05, 0.1) is 24.3 Å². The van der Waals surface area contributed by atoms with Gasteiger partial charge in [-0.25, -0.2) is 0 Å². The molecule has 2 aromatic carbocycles. The van der Waals surface area contributed by atoms with Crippen LogP contribution in [0, 0.1) is 0 Å². The molecule has 1 radical (unpaired) electrons. The van der Waals surface area contributed by atoms with Crippen molar-refractivity contribution in [2.45, 2.75) is 13.3 Å². The summed E-state index contributed by atoms with van der Waals surface area (Å²) in [4.78, 5) is 12.5. The summed E-state index contributed by atoms with van der Waals surface area (Å²) in [6.07, 6.45) is 0.967. The zero-order valence-corrected chi connectivity index (χ0v) is 15.3. The van der Waals surface area contributed by atoms with Crippen LogP contribution in [0.25, 0.3) is 0 Å². The second kappa shape index (κ2) is 10.0. The topological polar surface area (TPSA) is 35.5 Å². The van der Waals surface area contributed by atoms with E-state index in [4.69, 9.17) is 21.1 Å². The number of hydrogen-bond donors (Lipinski definition) is 0. The summed E-state index contributed by atoms with van der Waals surface area (Å²) in [6, 6.07) is 12.8. The number of carbonyl (C=O) groups is 1. The molecular formula is C17H18ClLiO3P. The van der Waals surface area contributed by atoms with E-state index in [-0.39, 0.29) is 33.0 Å². The summed E-state index contributed by atoms with van der Waals surface area (Å²) in [5, 5.41) is 1.36. The first-order valence-corrected chi connectivity index (χ1v) is 8.40. The molecule has 2 aromatic rings. The zero-order chi connectivity index (χ0) is 15.9. The van der Waals surface area contributed by atoms with Crippen molar-refractivity contribution >= 4 is 49.9 Å². The van der Waals surface area contributed by atoms with Gasteiger partial charge in [-0.1, -0.05) is 36.7 Å². The molecule has 117 valence electrons. The van der Waals surface area contributed by atoms with Gasteiger partial charge in [-0.05, 0) is 44.6 Å². The van der Waals surface area contributed by atoms with Crippen LogP contribution in [-0.2, 0) is 0 Å². The third kappa shape index (κ3) is 5.55. The third-order valence-corrected chi connectivity index (χ3v) is 4.42. The standard InChI is InChI=1S/C17H18ClO3P.Li/c1-3-11-21-12-7-9-13(10-8-12)22-17(19)16-14(18)5-4-6-15(16)20-2;/h4-10,22H,3,11H2,1-2H3;. The molecule has 23 heavy (non-hydrogen) atoms. The molecule has 0 aliphatic carbocycles. The Kier molecular flexibility index (Phi) is 8.74. The van der Waals surface area contributed by atoms with Gasteiger partial charge in [0, 0.05) is 18.9 Å². The van der Waals surface area contributed by atoms with E-state index >= 15 is 0 Å². The van der Waals surface area contributed by atoms with Gasteiger partial charge < -0.3 is 9.47 Å². The van der Waals surface area contributed by atoms with Gasteiger partial charge in [0.2, 0.25) is 0 Å². The molecule has 0 aliphatic heterocycles. The maximum Gasteiger partial charge on any atom is 0.190 e. The fourth-order valence-electron chi connectivity index (χ4n) is 1.94. The molecule has 0 saturated heterocycles. The van der Waals surface area contributed by atoms with Crippen molar-refractivity contribution < 1.29 is 14.3 Å². The van der Waals surface area contributed by atoms with Crippen molar-refractivity contribution in [1.29, 1.82) is 0 Å². The van der Waals surface area contributed by atoms with Crippen LogP contribution in [0.5, 0.6) is 11.5 Å². The first kappa shape index (κ1) is 20.1. The number of halogens is 1. The summed E-state index contributed by atoms with van der Waals surface area (Å²) >= 11 is 6.14. The number of benzene rings is 2. The van der Waals surface area contributed by atoms with Crippen molar-refractivity contribution in [3.05, 3.63) is 53.1 Å². The van der Waals surface area contributed by atoms with Gasteiger partial charge >= 0.3 is 0 Å². The number of rotatable bonds is 7. The molecule has 0 aliphatic rings. The van der Waals surface area contributed by atoms with E-state index < -0.39 is 0 Å². The Bertz CT molecular complexity index is 647. The molecule has 1 atom stereocenters. The van der Waals surface area contributed by atoms with E-state index in [9.17, 15) is 4.79 Å². The molecule has 0 amide bonds. The van der Waals surface area contributed by atoms with Crippen LogP contribution >= 0.6 is 20.2 Å². The minimum atomic E-state index is -0.0373. The average Bonchev–Trinajstić information content (AvgIpc) is 2.53. The summed E-state index contributed by atoms with van der Waals surface area (Å²) in [5.41, 5.74) is 0.404. The van der Waals surface area contributed by atoms with Gasteiger partial charge in [0.1, 0.15) is 11.5 Å². The predicted octanol–water partition coefficient (Wildman–Crippen LogP) is 3.90. The van der Waals surface area contributed by atoms with E-state index in [1.165, 1.54) is 7.11 Å². The summed E-state index contributed by atoms with van der Waals surface area (Å²) < 4.78 is 10.8. The van der Waals surface area contributed by atoms with Crippen molar-refractivity contribution in [3.8, 4) is 11.5 Å². The molecule has 1 unspecified atom stereocenters. The minimum absolute atomic E-state index is 0. The molecule has 0 heterocycles. The van der Waals surface area contributed by atoms with Crippen LogP contribution in [0.3, 0.4) is 0 Å². The quantitative estimate of drug-likeness (QED) is 0.565.